The van der Waals surface area contributed by atoms with Crippen molar-refractivity contribution in [2.45, 2.75) is 13.8 Å². The van der Waals surface area contributed by atoms with Crippen LogP contribution in [0.5, 0.6) is 5.88 Å². The van der Waals surface area contributed by atoms with Crippen molar-refractivity contribution < 1.29 is 14.1 Å². The van der Waals surface area contributed by atoms with E-state index in [1.807, 2.05) is 6.92 Å². The molecular weight excluding hydrogens is 236 g/mol. The number of ether oxygens (including phenoxy) is 1. The summed E-state index contributed by atoms with van der Waals surface area (Å²) in [6.45, 7) is 4.07. The maximum Gasteiger partial charge on any atom is 0.276 e. The summed E-state index contributed by atoms with van der Waals surface area (Å²) in [7, 11) is 0. The summed E-state index contributed by atoms with van der Waals surface area (Å²) in [6, 6.07) is 3.07. The van der Waals surface area contributed by atoms with E-state index in [1.54, 1.807) is 13.0 Å². The summed E-state index contributed by atoms with van der Waals surface area (Å²) in [4.78, 5) is 19.6. The number of nitrogens with one attached hydrogen (secondary N) is 1. The molecule has 0 aliphatic carbocycles. The van der Waals surface area contributed by atoms with Crippen molar-refractivity contribution in [3.05, 3.63) is 29.8 Å². The number of nitrogens with zero attached hydrogens (tertiary/aromatic N) is 3. The lowest BCUT2D eigenvalue weighted by Crippen LogP contribution is -2.13. The molecule has 7 nitrogen and oxygen atoms in total. The minimum absolute atomic E-state index is 0.197. The van der Waals surface area contributed by atoms with Gasteiger partial charge in [0.1, 0.15) is 12.0 Å². The normalized spacial score (nSPS) is 10.1. The molecule has 94 valence electrons. The van der Waals surface area contributed by atoms with Gasteiger partial charge >= 0.3 is 0 Å². The van der Waals surface area contributed by atoms with Crippen LogP contribution < -0.4 is 10.1 Å². The van der Waals surface area contributed by atoms with Crippen LogP contribution in [0.3, 0.4) is 0 Å². The Kier molecular flexibility index (Phi) is 3.52. The van der Waals surface area contributed by atoms with E-state index < -0.39 is 5.91 Å². The third kappa shape index (κ3) is 2.82. The summed E-state index contributed by atoms with van der Waals surface area (Å²) < 4.78 is 10.1. The van der Waals surface area contributed by atoms with Crippen molar-refractivity contribution in [2.75, 3.05) is 11.9 Å². The van der Waals surface area contributed by atoms with E-state index in [1.165, 1.54) is 12.4 Å². The van der Waals surface area contributed by atoms with Crippen molar-refractivity contribution in [2.24, 2.45) is 0 Å². The van der Waals surface area contributed by atoms with Crippen LogP contribution in [0.2, 0.25) is 0 Å². The van der Waals surface area contributed by atoms with E-state index in [0.29, 0.717) is 18.2 Å². The molecule has 18 heavy (non-hydrogen) atoms. The van der Waals surface area contributed by atoms with Gasteiger partial charge < -0.3 is 9.26 Å². The van der Waals surface area contributed by atoms with Crippen LogP contribution in [0.1, 0.15) is 23.1 Å². The van der Waals surface area contributed by atoms with E-state index >= 15 is 0 Å². The molecule has 7 heteroatoms. The number of amides is 1. The van der Waals surface area contributed by atoms with Gasteiger partial charge in [0.15, 0.2) is 0 Å². The summed E-state index contributed by atoms with van der Waals surface area (Å²) in [5.74, 6) is 0.218. The van der Waals surface area contributed by atoms with Crippen LogP contribution in [-0.2, 0) is 0 Å². The molecule has 0 atom stereocenters. The zero-order valence-corrected chi connectivity index (χ0v) is 10.0. The average molecular weight is 248 g/mol. The van der Waals surface area contributed by atoms with Crippen molar-refractivity contribution >= 4 is 11.8 Å². The maximum atomic E-state index is 11.8. The first kappa shape index (κ1) is 12.0. The van der Waals surface area contributed by atoms with E-state index in [9.17, 15) is 4.79 Å². The average Bonchev–Trinajstić information content (AvgIpc) is 2.75. The van der Waals surface area contributed by atoms with Gasteiger partial charge in [0.2, 0.25) is 11.8 Å². The van der Waals surface area contributed by atoms with Gasteiger partial charge in [-0.25, -0.2) is 9.97 Å². The monoisotopic (exact) mass is 248 g/mol. The van der Waals surface area contributed by atoms with Crippen molar-refractivity contribution in [1.29, 1.82) is 0 Å². The van der Waals surface area contributed by atoms with Crippen molar-refractivity contribution in [3.8, 4) is 5.88 Å². The Hall–Kier alpha value is -2.44. The summed E-state index contributed by atoms with van der Waals surface area (Å²) >= 11 is 0. The SMILES string of the molecule is CCOc1cc(C(=O)Nc2cc(C)no2)ncn1. The minimum atomic E-state index is -0.408. The Labute approximate surface area is 103 Å². The molecule has 0 unspecified atom stereocenters. The molecule has 0 fully saturated rings. The number of carbonyl (C=O) groups is 1. The van der Waals surface area contributed by atoms with Crippen LogP contribution in [0, 0.1) is 6.92 Å². The second-order valence-electron chi connectivity index (χ2n) is 3.46. The Morgan fingerprint density at radius 1 is 1.44 bits per heavy atom. The summed E-state index contributed by atoms with van der Waals surface area (Å²) in [5.41, 5.74) is 0.880. The molecule has 0 aliphatic heterocycles. The minimum Gasteiger partial charge on any atom is -0.478 e. The number of rotatable bonds is 4. The number of hydrogen-bond donors (Lipinski definition) is 1. The number of aromatic nitrogens is 3. The summed E-state index contributed by atoms with van der Waals surface area (Å²) in [5, 5.41) is 6.20. The fourth-order valence-corrected chi connectivity index (χ4v) is 1.29. The maximum absolute atomic E-state index is 11.8. The van der Waals surface area contributed by atoms with Gasteiger partial charge in [-0.2, -0.15) is 0 Å². The highest BCUT2D eigenvalue weighted by Crippen LogP contribution is 2.11. The molecule has 2 heterocycles. The zero-order valence-electron chi connectivity index (χ0n) is 10.0. The third-order valence-electron chi connectivity index (χ3n) is 2.03. The lowest BCUT2D eigenvalue weighted by molar-refractivity contribution is 0.101. The second kappa shape index (κ2) is 5.26. The van der Waals surface area contributed by atoms with Gasteiger partial charge in [-0.05, 0) is 13.8 Å². The van der Waals surface area contributed by atoms with E-state index in [4.69, 9.17) is 9.26 Å². The largest absolute Gasteiger partial charge is 0.478 e. The highest BCUT2D eigenvalue weighted by Gasteiger charge is 2.11. The van der Waals surface area contributed by atoms with E-state index in [2.05, 4.69) is 20.4 Å². The van der Waals surface area contributed by atoms with Crippen molar-refractivity contribution in [1.82, 2.24) is 15.1 Å². The molecule has 2 aromatic heterocycles. The van der Waals surface area contributed by atoms with Gasteiger partial charge in [-0.15, -0.1) is 0 Å². The molecular formula is C11H12N4O3. The van der Waals surface area contributed by atoms with Crippen LogP contribution in [0.4, 0.5) is 5.88 Å². The number of aryl methyl sites for hydroxylation is 1. The molecule has 0 saturated carbocycles. The van der Waals surface area contributed by atoms with E-state index in [0.717, 1.165) is 0 Å². The van der Waals surface area contributed by atoms with Gasteiger partial charge in [0.25, 0.3) is 5.91 Å². The number of hydrogen-bond acceptors (Lipinski definition) is 6. The van der Waals surface area contributed by atoms with Gasteiger partial charge in [0.05, 0.1) is 12.3 Å². The predicted molar refractivity (Wildman–Crippen MR) is 62.4 cm³/mol. The molecule has 0 aliphatic rings. The lowest BCUT2D eigenvalue weighted by atomic mass is 10.3. The van der Waals surface area contributed by atoms with Crippen LogP contribution >= 0.6 is 0 Å². The first-order chi connectivity index (χ1) is 8.69. The molecule has 0 saturated heterocycles. The molecule has 0 bridgehead atoms. The highest BCUT2D eigenvalue weighted by atomic mass is 16.5. The van der Waals surface area contributed by atoms with Gasteiger partial charge in [-0.3, -0.25) is 10.1 Å². The highest BCUT2D eigenvalue weighted by molar-refractivity contribution is 6.02. The molecule has 1 N–H and O–H groups in total. The number of anilines is 1. The zero-order chi connectivity index (χ0) is 13.0. The first-order valence-electron chi connectivity index (χ1n) is 5.38. The van der Waals surface area contributed by atoms with Crippen LogP contribution in [0.15, 0.2) is 23.0 Å². The predicted octanol–water partition coefficient (Wildman–Crippen LogP) is 1.42. The summed E-state index contributed by atoms with van der Waals surface area (Å²) in [6.07, 6.45) is 1.27. The first-order valence-corrected chi connectivity index (χ1v) is 5.38. The van der Waals surface area contributed by atoms with Crippen LogP contribution in [0.25, 0.3) is 0 Å². The topological polar surface area (TPSA) is 90.1 Å². The Morgan fingerprint density at radius 3 is 2.94 bits per heavy atom. The Bertz CT molecular complexity index is 553. The van der Waals surface area contributed by atoms with E-state index in [-0.39, 0.29) is 11.6 Å². The quantitative estimate of drug-likeness (QED) is 0.880. The molecule has 2 rings (SSSR count). The Morgan fingerprint density at radius 2 is 2.28 bits per heavy atom. The molecule has 0 aromatic carbocycles. The second-order valence-corrected chi connectivity index (χ2v) is 3.46. The van der Waals surface area contributed by atoms with Crippen molar-refractivity contribution in [3.63, 3.8) is 0 Å². The number of carbonyl (C=O) groups excluding carboxylic acids is 1. The third-order valence-corrected chi connectivity index (χ3v) is 2.03. The molecule has 0 spiro atoms. The fourth-order valence-electron chi connectivity index (χ4n) is 1.29. The van der Waals surface area contributed by atoms with Crippen LogP contribution in [-0.4, -0.2) is 27.6 Å². The van der Waals surface area contributed by atoms with Gasteiger partial charge in [0, 0.05) is 12.1 Å². The molecule has 2 aromatic rings. The molecule has 1 amide bonds. The Balaban J connectivity index is 2.11. The lowest BCUT2D eigenvalue weighted by Gasteiger charge is -2.03. The standard InChI is InChI=1S/C11H12N4O3/c1-3-17-9-5-8(12-6-13-9)11(16)14-10-4-7(2)15-18-10/h4-6H,3H2,1-2H3,(H,14,16). The van der Waals surface area contributed by atoms with Gasteiger partial charge in [-0.1, -0.05) is 5.16 Å². The molecule has 0 radical (unpaired) electrons. The fraction of sp³-hybridized carbons (Fsp3) is 0.273. The smallest absolute Gasteiger partial charge is 0.276 e.